The molecule has 0 atom stereocenters. The minimum atomic E-state index is -0.120. The van der Waals surface area contributed by atoms with Crippen molar-refractivity contribution >= 4 is 11.5 Å². The van der Waals surface area contributed by atoms with Gasteiger partial charge in [-0.2, -0.15) is 4.98 Å². The van der Waals surface area contributed by atoms with Crippen molar-refractivity contribution in [3.63, 3.8) is 0 Å². The van der Waals surface area contributed by atoms with Crippen LogP contribution in [0.3, 0.4) is 0 Å². The lowest BCUT2D eigenvalue weighted by Gasteiger charge is -2.10. The molecule has 19 heavy (non-hydrogen) atoms. The number of rotatable bonds is 4. The number of pyridine rings is 1. The first-order chi connectivity index (χ1) is 9.10. The van der Waals surface area contributed by atoms with Gasteiger partial charge in [0.15, 0.2) is 5.78 Å². The average molecular weight is 258 g/mol. The number of benzene rings is 1. The van der Waals surface area contributed by atoms with Crippen LogP contribution in [0.5, 0.6) is 17.5 Å². The number of nitrogens with two attached hydrogens (primary N) is 1. The molecule has 2 aromatic rings. The highest BCUT2D eigenvalue weighted by Gasteiger charge is 2.10. The molecule has 5 nitrogen and oxygen atoms in total. The summed E-state index contributed by atoms with van der Waals surface area (Å²) in [6.07, 6.45) is 0. The fourth-order valence-electron chi connectivity index (χ4n) is 1.59. The van der Waals surface area contributed by atoms with Crippen LogP contribution in [0.15, 0.2) is 36.4 Å². The van der Waals surface area contributed by atoms with Gasteiger partial charge in [-0.15, -0.1) is 0 Å². The Morgan fingerprint density at radius 2 is 1.95 bits per heavy atom. The third-order valence-corrected chi connectivity index (χ3v) is 2.50. The van der Waals surface area contributed by atoms with E-state index in [4.69, 9.17) is 15.2 Å². The van der Waals surface area contributed by atoms with E-state index in [-0.39, 0.29) is 5.78 Å². The van der Waals surface area contributed by atoms with E-state index in [1.54, 1.807) is 36.4 Å². The van der Waals surface area contributed by atoms with Gasteiger partial charge < -0.3 is 15.2 Å². The monoisotopic (exact) mass is 258 g/mol. The molecule has 0 spiro atoms. The molecule has 0 bridgehead atoms. The third kappa shape index (κ3) is 3.01. The highest BCUT2D eigenvalue weighted by Crippen LogP contribution is 2.27. The molecule has 1 heterocycles. The molecule has 98 valence electrons. The molecule has 2 N–H and O–H groups in total. The van der Waals surface area contributed by atoms with Crippen molar-refractivity contribution in [2.45, 2.75) is 6.92 Å². The second-order valence-corrected chi connectivity index (χ2v) is 3.93. The van der Waals surface area contributed by atoms with Gasteiger partial charge in [0.2, 0.25) is 11.8 Å². The Kier molecular flexibility index (Phi) is 3.66. The molecule has 1 aromatic carbocycles. The molecule has 0 saturated heterocycles. The predicted molar refractivity (Wildman–Crippen MR) is 71.7 cm³/mol. The van der Waals surface area contributed by atoms with Crippen LogP contribution in [-0.4, -0.2) is 17.9 Å². The summed E-state index contributed by atoms with van der Waals surface area (Å²) in [6.45, 7) is 1.46. The van der Waals surface area contributed by atoms with Gasteiger partial charge in [0.25, 0.3) is 0 Å². The number of ether oxygens (including phenoxy) is 2. The summed E-state index contributed by atoms with van der Waals surface area (Å²) in [5.41, 5.74) is 6.59. The van der Waals surface area contributed by atoms with Crippen LogP contribution < -0.4 is 15.2 Å². The summed E-state index contributed by atoms with van der Waals surface area (Å²) in [7, 11) is 1.52. The van der Waals surface area contributed by atoms with Gasteiger partial charge in [-0.1, -0.05) is 6.07 Å². The Bertz CT molecular complexity index is 611. The number of anilines is 1. The number of ketones is 1. The van der Waals surface area contributed by atoms with Gasteiger partial charge in [0.05, 0.1) is 12.7 Å². The van der Waals surface area contributed by atoms with E-state index in [0.29, 0.717) is 28.8 Å². The molecule has 0 saturated carbocycles. The number of nitrogen functional groups attached to an aromatic ring is 1. The SMILES string of the molecule is COc1cccc(Oc2ccc(N)cc2C(C)=O)n1. The minimum Gasteiger partial charge on any atom is -0.481 e. The summed E-state index contributed by atoms with van der Waals surface area (Å²) >= 11 is 0. The zero-order valence-electron chi connectivity index (χ0n) is 10.7. The number of Topliss-reactive ketones (excluding diaryl/α,β-unsaturated/α-hetero) is 1. The maximum absolute atomic E-state index is 11.6. The zero-order chi connectivity index (χ0) is 13.8. The molecule has 0 fully saturated rings. The predicted octanol–water partition coefficient (Wildman–Crippen LogP) is 2.67. The van der Waals surface area contributed by atoms with Crippen LogP contribution in [-0.2, 0) is 0 Å². The number of aromatic nitrogens is 1. The summed E-state index contributed by atoms with van der Waals surface area (Å²) in [5, 5.41) is 0. The fourth-order valence-corrected chi connectivity index (χ4v) is 1.59. The number of hydrogen-bond donors (Lipinski definition) is 1. The molecular weight excluding hydrogens is 244 g/mol. The summed E-state index contributed by atoms with van der Waals surface area (Å²) in [6, 6.07) is 10.0. The molecule has 0 aliphatic carbocycles. The summed E-state index contributed by atoms with van der Waals surface area (Å²) < 4.78 is 10.6. The van der Waals surface area contributed by atoms with Crippen LogP contribution >= 0.6 is 0 Å². The van der Waals surface area contributed by atoms with Gasteiger partial charge in [0.1, 0.15) is 5.75 Å². The van der Waals surface area contributed by atoms with Gasteiger partial charge in [-0.25, -0.2) is 0 Å². The Labute approximate surface area is 111 Å². The maximum atomic E-state index is 11.6. The van der Waals surface area contributed by atoms with Crippen molar-refractivity contribution in [2.75, 3.05) is 12.8 Å². The Morgan fingerprint density at radius 1 is 1.21 bits per heavy atom. The van der Waals surface area contributed by atoms with E-state index >= 15 is 0 Å². The number of nitrogens with zero attached hydrogens (tertiary/aromatic N) is 1. The molecule has 0 aliphatic rings. The van der Waals surface area contributed by atoms with E-state index in [0.717, 1.165) is 0 Å². The first-order valence-corrected chi connectivity index (χ1v) is 5.69. The highest BCUT2D eigenvalue weighted by molar-refractivity contribution is 5.97. The molecule has 0 unspecified atom stereocenters. The van der Waals surface area contributed by atoms with Crippen LogP contribution in [0.2, 0.25) is 0 Å². The standard InChI is InChI=1S/C14H14N2O3/c1-9(17)11-8-10(15)6-7-12(11)19-14-5-3-4-13(16-14)18-2/h3-8H,15H2,1-2H3. The van der Waals surface area contributed by atoms with E-state index in [9.17, 15) is 4.79 Å². The summed E-state index contributed by atoms with van der Waals surface area (Å²) in [5.74, 6) is 1.09. The second-order valence-electron chi connectivity index (χ2n) is 3.93. The van der Waals surface area contributed by atoms with Crippen LogP contribution in [0.25, 0.3) is 0 Å². The first-order valence-electron chi connectivity index (χ1n) is 5.69. The molecule has 2 rings (SSSR count). The fraction of sp³-hybridized carbons (Fsp3) is 0.143. The molecule has 0 aliphatic heterocycles. The lowest BCUT2D eigenvalue weighted by atomic mass is 10.1. The van der Waals surface area contributed by atoms with Crippen molar-refractivity contribution in [2.24, 2.45) is 0 Å². The van der Waals surface area contributed by atoms with Crippen molar-refractivity contribution in [3.8, 4) is 17.5 Å². The van der Waals surface area contributed by atoms with Crippen molar-refractivity contribution in [3.05, 3.63) is 42.0 Å². The Morgan fingerprint density at radius 3 is 2.63 bits per heavy atom. The second kappa shape index (κ2) is 5.39. The number of methoxy groups -OCH3 is 1. The normalized spacial score (nSPS) is 10.0. The molecule has 1 aromatic heterocycles. The number of hydrogen-bond acceptors (Lipinski definition) is 5. The van der Waals surface area contributed by atoms with Crippen LogP contribution in [0, 0.1) is 0 Å². The smallest absolute Gasteiger partial charge is 0.222 e. The highest BCUT2D eigenvalue weighted by atomic mass is 16.5. The van der Waals surface area contributed by atoms with Gasteiger partial charge in [-0.3, -0.25) is 4.79 Å². The lowest BCUT2D eigenvalue weighted by Crippen LogP contribution is -2.00. The quantitative estimate of drug-likeness (QED) is 0.674. The van der Waals surface area contributed by atoms with Crippen molar-refractivity contribution in [1.82, 2.24) is 4.98 Å². The number of carbonyl (C=O) groups is 1. The molecule has 0 amide bonds. The first kappa shape index (κ1) is 12.9. The maximum Gasteiger partial charge on any atom is 0.222 e. The Balaban J connectivity index is 2.34. The van der Waals surface area contributed by atoms with Gasteiger partial charge in [-0.05, 0) is 25.1 Å². The summed E-state index contributed by atoms with van der Waals surface area (Å²) in [4.78, 5) is 15.7. The lowest BCUT2D eigenvalue weighted by molar-refractivity contribution is 0.101. The average Bonchev–Trinajstić information content (AvgIpc) is 2.41. The molecular formula is C14H14N2O3. The van der Waals surface area contributed by atoms with E-state index in [1.165, 1.54) is 14.0 Å². The zero-order valence-corrected chi connectivity index (χ0v) is 10.7. The van der Waals surface area contributed by atoms with Crippen LogP contribution in [0.1, 0.15) is 17.3 Å². The van der Waals surface area contributed by atoms with Crippen molar-refractivity contribution < 1.29 is 14.3 Å². The van der Waals surface area contributed by atoms with Crippen LogP contribution in [0.4, 0.5) is 5.69 Å². The largest absolute Gasteiger partial charge is 0.481 e. The van der Waals surface area contributed by atoms with E-state index in [2.05, 4.69) is 4.98 Å². The third-order valence-electron chi connectivity index (χ3n) is 2.50. The molecule has 0 radical (unpaired) electrons. The topological polar surface area (TPSA) is 74.4 Å². The Hall–Kier alpha value is -2.56. The van der Waals surface area contributed by atoms with E-state index < -0.39 is 0 Å². The van der Waals surface area contributed by atoms with Crippen molar-refractivity contribution in [1.29, 1.82) is 0 Å². The van der Waals surface area contributed by atoms with E-state index in [1.807, 2.05) is 0 Å². The minimum absolute atomic E-state index is 0.120. The number of carbonyl (C=O) groups excluding carboxylic acids is 1. The van der Waals surface area contributed by atoms with Gasteiger partial charge >= 0.3 is 0 Å². The molecule has 5 heteroatoms. The van der Waals surface area contributed by atoms with Gasteiger partial charge in [0, 0.05) is 17.8 Å².